The summed E-state index contributed by atoms with van der Waals surface area (Å²) >= 11 is 0. The van der Waals surface area contributed by atoms with Gasteiger partial charge in [-0.05, 0) is 12.8 Å². The normalized spacial score (nSPS) is 11.4. The molecule has 0 aromatic heterocycles. The van der Waals surface area contributed by atoms with Crippen molar-refractivity contribution >= 4 is 17.8 Å². The van der Waals surface area contributed by atoms with E-state index in [0.29, 0.717) is 6.42 Å². The van der Waals surface area contributed by atoms with Gasteiger partial charge in [-0.15, -0.1) is 0 Å². The van der Waals surface area contributed by atoms with Crippen molar-refractivity contribution in [3.8, 4) is 0 Å². The molecule has 136 valence electrons. The first kappa shape index (κ1) is 25.3. The standard InChI is InChI=1S/C17H31NO5.Zn/c1-2-3-4-5-6-7-8-9-10-11-15(19)18-14(17(22)23)12-13-16(20)21;/h14H,2-13H2,1H3,(H,18,19)(H,20,21)(H,22,23);. The molecule has 24 heavy (non-hydrogen) atoms. The Balaban J connectivity index is 0. The maximum atomic E-state index is 11.7. The fourth-order valence-corrected chi connectivity index (χ4v) is 2.39. The number of amides is 1. The number of carboxylic acids is 2. The zero-order chi connectivity index (χ0) is 17.5. The average molecular weight is 395 g/mol. The van der Waals surface area contributed by atoms with Crippen molar-refractivity contribution < 1.29 is 44.1 Å². The number of carbonyl (C=O) groups is 3. The van der Waals surface area contributed by atoms with Gasteiger partial charge in [0.05, 0.1) is 0 Å². The van der Waals surface area contributed by atoms with E-state index < -0.39 is 18.0 Å². The molecule has 3 N–H and O–H groups in total. The first-order valence-electron chi connectivity index (χ1n) is 8.71. The van der Waals surface area contributed by atoms with Gasteiger partial charge in [0.2, 0.25) is 5.91 Å². The molecular weight excluding hydrogens is 364 g/mol. The molecule has 0 heterocycles. The minimum absolute atomic E-state index is 0. The zero-order valence-corrected chi connectivity index (χ0v) is 17.9. The van der Waals surface area contributed by atoms with Crippen LogP contribution in [-0.2, 0) is 33.9 Å². The van der Waals surface area contributed by atoms with Crippen LogP contribution in [0.5, 0.6) is 0 Å². The Hall–Kier alpha value is -0.967. The van der Waals surface area contributed by atoms with E-state index in [1.54, 1.807) is 0 Å². The molecule has 1 unspecified atom stereocenters. The van der Waals surface area contributed by atoms with Crippen molar-refractivity contribution in [1.29, 1.82) is 0 Å². The van der Waals surface area contributed by atoms with Gasteiger partial charge in [0.15, 0.2) is 0 Å². The van der Waals surface area contributed by atoms with Crippen LogP contribution >= 0.6 is 0 Å². The Morgan fingerprint density at radius 2 is 1.33 bits per heavy atom. The number of rotatable bonds is 15. The average Bonchev–Trinajstić information content (AvgIpc) is 2.49. The molecular formula is C17H31NO5Zn. The van der Waals surface area contributed by atoms with Gasteiger partial charge < -0.3 is 15.5 Å². The SMILES string of the molecule is CCCCCCCCCCCC(=O)NC(CCC(=O)O)C(=O)O.[Zn]. The summed E-state index contributed by atoms with van der Waals surface area (Å²) in [5.41, 5.74) is 0. The molecule has 6 nitrogen and oxygen atoms in total. The summed E-state index contributed by atoms with van der Waals surface area (Å²) in [7, 11) is 0. The Labute approximate surface area is 157 Å². The molecule has 1 atom stereocenters. The van der Waals surface area contributed by atoms with Crippen LogP contribution in [0.3, 0.4) is 0 Å². The Kier molecular flexibility index (Phi) is 17.8. The van der Waals surface area contributed by atoms with Crippen LogP contribution in [0.4, 0.5) is 0 Å². The zero-order valence-electron chi connectivity index (χ0n) is 14.9. The number of nitrogens with one attached hydrogen (secondary N) is 1. The van der Waals surface area contributed by atoms with Gasteiger partial charge in [0.25, 0.3) is 0 Å². The third-order valence-electron chi connectivity index (χ3n) is 3.79. The number of hydrogen-bond acceptors (Lipinski definition) is 3. The van der Waals surface area contributed by atoms with E-state index in [1.807, 2.05) is 0 Å². The molecule has 0 aliphatic carbocycles. The Morgan fingerprint density at radius 1 is 0.833 bits per heavy atom. The third-order valence-corrected chi connectivity index (χ3v) is 3.79. The van der Waals surface area contributed by atoms with E-state index in [1.165, 1.54) is 38.5 Å². The number of carbonyl (C=O) groups excluding carboxylic acids is 1. The van der Waals surface area contributed by atoms with Gasteiger partial charge in [0.1, 0.15) is 6.04 Å². The van der Waals surface area contributed by atoms with Gasteiger partial charge >= 0.3 is 11.9 Å². The molecule has 0 aromatic rings. The van der Waals surface area contributed by atoms with Crippen LogP contribution in [0.2, 0.25) is 0 Å². The molecule has 0 rings (SSSR count). The molecule has 0 radical (unpaired) electrons. The minimum Gasteiger partial charge on any atom is -0.481 e. The summed E-state index contributed by atoms with van der Waals surface area (Å²) in [5, 5.41) is 19.9. The quantitative estimate of drug-likeness (QED) is 0.292. The second-order valence-electron chi connectivity index (χ2n) is 5.97. The van der Waals surface area contributed by atoms with Gasteiger partial charge in [-0.25, -0.2) is 4.79 Å². The summed E-state index contributed by atoms with van der Waals surface area (Å²) in [5.74, 6) is -2.57. The summed E-state index contributed by atoms with van der Waals surface area (Å²) < 4.78 is 0. The molecule has 0 saturated carbocycles. The van der Waals surface area contributed by atoms with E-state index in [-0.39, 0.29) is 38.2 Å². The monoisotopic (exact) mass is 393 g/mol. The molecule has 0 bridgehead atoms. The molecule has 7 heteroatoms. The minimum atomic E-state index is -1.19. The van der Waals surface area contributed by atoms with Crippen LogP contribution in [-0.4, -0.2) is 34.1 Å². The molecule has 1 amide bonds. The fourth-order valence-electron chi connectivity index (χ4n) is 2.39. The van der Waals surface area contributed by atoms with Crippen molar-refractivity contribution in [2.45, 2.75) is 90.0 Å². The second kappa shape index (κ2) is 16.9. The third kappa shape index (κ3) is 15.9. The Morgan fingerprint density at radius 3 is 1.79 bits per heavy atom. The maximum absolute atomic E-state index is 11.7. The maximum Gasteiger partial charge on any atom is 0.326 e. The number of unbranched alkanes of at least 4 members (excludes halogenated alkanes) is 8. The number of aliphatic carboxylic acids is 2. The van der Waals surface area contributed by atoms with E-state index in [9.17, 15) is 14.4 Å². The summed E-state index contributed by atoms with van der Waals surface area (Å²) in [4.78, 5) is 33.1. The van der Waals surface area contributed by atoms with E-state index in [4.69, 9.17) is 10.2 Å². The summed E-state index contributed by atoms with van der Waals surface area (Å²) in [6.45, 7) is 2.20. The van der Waals surface area contributed by atoms with Crippen LogP contribution in [0, 0.1) is 0 Å². The first-order valence-corrected chi connectivity index (χ1v) is 8.71. The van der Waals surface area contributed by atoms with Gasteiger partial charge in [-0.1, -0.05) is 58.3 Å². The van der Waals surface area contributed by atoms with Gasteiger partial charge in [-0.2, -0.15) is 0 Å². The number of hydrogen-bond donors (Lipinski definition) is 3. The van der Waals surface area contributed by atoms with Gasteiger partial charge in [-0.3, -0.25) is 9.59 Å². The first-order chi connectivity index (χ1) is 11.0. The topological polar surface area (TPSA) is 104 Å². The van der Waals surface area contributed by atoms with Crippen molar-refractivity contribution in [2.75, 3.05) is 0 Å². The predicted octanol–water partition coefficient (Wildman–Crippen LogP) is 3.34. The summed E-state index contributed by atoms with van der Waals surface area (Å²) in [6.07, 6.45) is 10.3. The fraction of sp³-hybridized carbons (Fsp3) is 0.824. The van der Waals surface area contributed by atoms with Crippen LogP contribution in [0.1, 0.15) is 84.0 Å². The van der Waals surface area contributed by atoms with Gasteiger partial charge in [0, 0.05) is 32.3 Å². The number of carboxylic acid groups (broad SMARTS) is 2. The van der Waals surface area contributed by atoms with Crippen LogP contribution < -0.4 is 5.32 Å². The van der Waals surface area contributed by atoms with E-state index in [0.717, 1.165) is 19.3 Å². The Bertz CT molecular complexity index is 363. The molecule has 0 aromatic carbocycles. The van der Waals surface area contributed by atoms with Crippen LogP contribution in [0.25, 0.3) is 0 Å². The molecule has 0 fully saturated rings. The van der Waals surface area contributed by atoms with Crippen molar-refractivity contribution in [3.63, 3.8) is 0 Å². The van der Waals surface area contributed by atoms with Crippen molar-refractivity contribution in [3.05, 3.63) is 0 Å². The second-order valence-corrected chi connectivity index (χ2v) is 5.97. The smallest absolute Gasteiger partial charge is 0.326 e. The van der Waals surface area contributed by atoms with E-state index >= 15 is 0 Å². The molecule has 0 spiro atoms. The molecule has 0 saturated heterocycles. The predicted molar refractivity (Wildman–Crippen MR) is 88.3 cm³/mol. The van der Waals surface area contributed by atoms with E-state index in [2.05, 4.69) is 12.2 Å². The summed E-state index contributed by atoms with van der Waals surface area (Å²) in [6, 6.07) is -1.11. The largest absolute Gasteiger partial charge is 0.481 e. The van der Waals surface area contributed by atoms with Crippen LogP contribution in [0.15, 0.2) is 0 Å². The molecule has 0 aliphatic heterocycles. The van der Waals surface area contributed by atoms with Crippen molar-refractivity contribution in [1.82, 2.24) is 5.32 Å². The molecule has 0 aliphatic rings. The van der Waals surface area contributed by atoms with Crippen molar-refractivity contribution in [2.24, 2.45) is 0 Å².